The lowest BCUT2D eigenvalue weighted by Gasteiger charge is -2.63. The zero-order valence-corrected chi connectivity index (χ0v) is 73.8. The second-order valence-corrected chi connectivity index (χ2v) is 37.5. The molecule has 10 aromatic rings. The first-order valence-corrected chi connectivity index (χ1v) is 45.0. The molecule has 8 aromatic carbocycles. The highest BCUT2D eigenvalue weighted by atomic mass is 35.5. The summed E-state index contributed by atoms with van der Waals surface area (Å²) in [5.41, 5.74) is -2.30. The maximum Gasteiger partial charge on any atom is 0.377 e. The molecule has 6 atom stereocenters. The van der Waals surface area contributed by atoms with Crippen LogP contribution in [0.5, 0.6) is 34.5 Å². The van der Waals surface area contributed by atoms with Gasteiger partial charge in [0.25, 0.3) is 0 Å². The number of carbonyl (C=O) groups is 2. The molecule has 0 amide bonds. The van der Waals surface area contributed by atoms with Crippen LogP contribution in [0, 0.1) is 35.5 Å². The quantitative estimate of drug-likeness (QED) is 0.0290. The van der Waals surface area contributed by atoms with Gasteiger partial charge in [0, 0.05) is 117 Å². The Hall–Kier alpha value is -8.49. The largest absolute Gasteiger partial charge is 1.00 e. The molecule has 2 saturated heterocycles. The summed E-state index contributed by atoms with van der Waals surface area (Å²) in [7, 11) is -0.180. The molecule has 2 spiro atoms. The van der Waals surface area contributed by atoms with Crippen LogP contribution in [-0.2, 0) is 47.5 Å². The summed E-state index contributed by atoms with van der Waals surface area (Å²) in [6.07, 6.45) is 2.39. The number of hydrogen-bond acceptors (Lipinski definition) is 15. The molecule has 8 saturated carbocycles. The van der Waals surface area contributed by atoms with Crippen LogP contribution in [0.25, 0.3) is 50.1 Å². The van der Waals surface area contributed by atoms with E-state index >= 15 is 0 Å². The van der Waals surface area contributed by atoms with Crippen molar-refractivity contribution in [1.29, 1.82) is 0 Å². The van der Waals surface area contributed by atoms with Gasteiger partial charge >= 0.3 is 47.5 Å². The van der Waals surface area contributed by atoms with Gasteiger partial charge < -0.3 is 74.1 Å². The van der Waals surface area contributed by atoms with Gasteiger partial charge in [-0.2, -0.15) is 52.7 Å². The Labute approximate surface area is 743 Å². The predicted octanol–water partition coefficient (Wildman–Crippen LogP) is 23.1. The lowest BCUT2D eigenvalue weighted by atomic mass is 9.51. The first-order chi connectivity index (χ1) is 59.4. The highest BCUT2D eigenvalue weighted by molar-refractivity contribution is 7.50. The summed E-state index contributed by atoms with van der Waals surface area (Å²) >= 11 is 0. The summed E-state index contributed by atoms with van der Waals surface area (Å²) in [5, 5.41) is 5.36. The Morgan fingerprint density at radius 3 is 0.874 bits per heavy atom. The highest BCUT2D eigenvalue weighted by Gasteiger charge is 2.72. The van der Waals surface area contributed by atoms with Crippen molar-refractivity contribution in [3.8, 4) is 44.3 Å². The van der Waals surface area contributed by atoms with Gasteiger partial charge in [0.15, 0.2) is 52.7 Å². The van der Waals surface area contributed by atoms with Gasteiger partial charge in [-0.25, -0.2) is 9.59 Å². The molecule has 127 heavy (non-hydrogen) atoms. The van der Waals surface area contributed by atoms with Crippen molar-refractivity contribution in [3.05, 3.63) is 194 Å². The Morgan fingerprint density at radius 1 is 0.394 bits per heavy atom. The van der Waals surface area contributed by atoms with Crippen LogP contribution in [0.3, 0.4) is 0 Å². The fourth-order valence-corrected chi connectivity index (χ4v) is 24.1. The molecule has 0 radical (unpaired) electrons. The van der Waals surface area contributed by atoms with Crippen LogP contribution in [0.4, 0.5) is 52.7 Å². The van der Waals surface area contributed by atoms with Crippen molar-refractivity contribution in [3.63, 3.8) is 0 Å². The second-order valence-electron chi connectivity index (χ2n) is 33.6. The fraction of sp³-hybridized carbons (Fsp3) is 0.485. The van der Waals surface area contributed by atoms with E-state index in [0.717, 1.165) is 34.5 Å². The lowest BCUT2D eigenvalue weighted by Crippen LogP contribution is -3.00. The van der Waals surface area contributed by atoms with Gasteiger partial charge in [0.05, 0.1) is 0 Å². The predicted molar refractivity (Wildman–Crippen MR) is 462 cm³/mol. The first-order valence-electron chi connectivity index (χ1n) is 42.6. The Balaban J connectivity index is 0.000000149. The van der Waals surface area contributed by atoms with E-state index in [4.69, 9.17) is 56.8 Å². The lowest BCUT2D eigenvalue weighted by molar-refractivity contribution is -0.355. The number of nitrogens with zero attached hydrogens (tertiary/aromatic N) is 1. The molecule has 4 heterocycles. The number of ether oxygens (including phenoxy) is 12. The molecule has 15 nitrogen and oxygen atoms in total. The SMILES string of the molecule is C.CC(F)(F)C(=O)OC12CC3CC(C1)C1(OCC(F)(F)C(F)(F)CO1)C(C3)C2.CC(F)(F)C(=O)OC12CC3CC(C1)C1(OCC(F)(F)C(F)(F)CO1)C(C3)C2.CCN(CC)CC.CCOC(C)Oc1ccc(Oc2ccc(-[s+]3c4ccccc4c4ccccc43)cc2)cc1.CCOC(C)Oc1ccc(Oc2ccc(-[s+]3c4ccccc4c4ccccc43)cc2)cc1.[Cl-]. The topological polar surface area (TPSA) is 148 Å². The van der Waals surface area contributed by atoms with Crippen molar-refractivity contribution in [1.82, 2.24) is 4.90 Å². The van der Waals surface area contributed by atoms with Gasteiger partial charge in [-0.05, 0) is 245 Å². The minimum absolute atomic E-state index is 0. The molecule has 30 heteroatoms. The van der Waals surface area contributed by atoms with Gasteiger partial charge in [0.2, 0.25) is 0 Å². The number of thiophene rings is 2. The highest BCUT2D eigenvalue weighted by Crippen LogP contribution is 2.66. The first kappa shape index (κ1) is 97.6. The van der Waals surface area contributed by atoms with Crippen LogP contribution in [0.15, 0.2) is 194 Å². The van der Waals surface area contributed by atoms with E-state index in [1.165, 1.54) is 69.8 Å². The van der Waals surface area contributed by atoms with Crippen LogP contribution in [0.2, 0.25) is 0 Å². The molecule has 0 N–H and O–H groups in total. The average Bonchev–Trinajstić information content (AvgIpc) is 1.55. The number of hydrogen-bond donors (Lipinski definition) is 0. The number of rotatable bonds is 21. The number of fused-ring (bicyclic) bond motifs is 6. The third-order valence-corrected chi connectivity index (χ3v) is 29.5. The number of alkyl halides is 12. The van der Waals surface area contributed by atoms with Crippen molar-refractivity contribution >= 4 is 73.2 Å². The number of esters is 2. The van der Waals surface area contributed by atoms with Gasteiger partial charge in [0.1, 0.15) is 72.1 Å². The molecule has 8 aliphatic carbocycles. The molecular formula is C97H109ClF12NO14S2+. The smallest absolute Gasteiger partial charge is 0.377 e. The molecule has 10 fully saturated rings. The molecule has 688 valence electrons. The average molecular weight is 1840 g/mol. The van der Waals surface area contributed by atoms with E-state index in [-0.39, 0.29) is 90.9 Å². The van der Waals surface area contributed by atoms with E-state index in [0.29, 0.717) is 65.6 Å². The minimum Gasteiger partial charge on any atom is -1.00 e. The summed E-state index contributed by atoms with van der Waals surface area (Å²) < 4.78 is 234. The van der Waals surface area contributed by atoms with Crippen molar-refractivity contribution in [2.24, 2.45) is 35.5 Å². The summed E-state index contributed by atoms with van der Waals surface area (Å²) in [6, 6.07) is 67.0. The van der Waals surface area contributed by atoms with Gasteiger partial charge in [-0.1, -0.05) is 76.7 Å². The van der Waals surface area contributed by atoms with E-state index in [1.54, 1.807) is 0 Å². The van der Waals surface area contributed by atoms with Crippen LogP contribution < -0.4 is 31.4 Å². The third-order valence-electron chi connectivity index (χ3n) is 24.9. The molecule has 2 aliphatic heterocycles. The number of halogens is 13. The number of benzene rings is 8. The standard InChI is InChI=1S/2C28H25O3S.2C17H20F6O4.C6H15N.CH4.ClH/c2*1-3-29-20(2)30-21-12-14-22(15-13-21)31-23-16-18-24(19-17-23)32-27-10-6-4-8-25(27)26-9-5-7-11-28(26)32;2*1-13(18,19)12(24)27-14-4-9-2-10(5-14)17(11(3-9)6-14)25-7-15(20,21)16(22,23)8-26-17;1-4-7(5-2)6-3;;/h2*4-20H,3H2,1-2H3;2*9-11H,2-8H2,1H3;4-6H2,1-3H3;1H4;1H/q2*+1;;;;;/p-1. The van der Waals surface area contributed by atoms with E-state index in [2.05, 4.69) is 147 Å². The van der Waals surface area contributed by atoms with Crippen molar-refractivity contribution in [2.75, 3.05) is 59.3 Å². The van der Waals surface area contributed by atoms with Gasteiger partial charge in [-0.3, -0.25) is 0 Å². The van der Waals surface area contributed by atoms with Crippen LogP contribution in [0.1, 0.15) is 134 Å². The van der Waals surface area contributed by atoms with E-state index in [1.807, 2.05) is 100 Å². The maximum atomic E-state index is 13.7. The Morgan fingerprint density at radius 2 is 0.638 bits per heavy atom. The minimum atomic E-state index is -4.36. The van der Waals surface area contributed by atoms with E-state index < -0.39 is 120 Å². The molecule has 2 aromatic heterocycles. The van der Waals surface area contributed by atoms with Crippen molar-refractivity contribution < 1.29 is 132 Å². The Kier molecular flexibility index (Phi) is 30.2. The normalized spacial score (nSPS) is 24.3. The summed E-state index contributed by atoms with van der Waals surface area (Å²) in [4.78, 5) is 28.4. The molecule has 10 aliphatic rings. The molecule has 20 rings (SSSR count). The fourth-order valence-electron chi connectivity index (χ4n) is 19.3. The van der Waals surface area contributed by atoms with Crippen molar-refractivity contribution in [2.45, 2.75) is 205 Å². The zero-order chi connectivity index (χ0) is 89.3. The summed E-state index contributed by atoms with van der Waals surface area (Å²) in [6.45, 7) is 14.0. The zero-order valence-electron chi connectivity index (χ0n) is 71.4. The molecule has 8 bridgehead atoms. The third kappa shape index (κ3) is 21.0. The maximum absolute atomic E-state index is 13.7. The summed E-state index contributed by atoms with van der Waals surface area (Å²) in [5.74, 6) is -28.9. The van der Waals surface area contributed by atoms with Gasteiger partial charge in [-0.15, -0.1) is 0 Å². The molecule has 6 unspecified atom stereocenters. The van der Waals surface area contributed by atoms with Crippen LogP contribution in [-0.4, -0.2) is 147 Å². The number of carbonyl (C=O) groups excluding carboxylic acids is 2. The Bertz CT molecular complexity index is 4850. The monoisotopic (exact) mass is 1840 g/mol. The second kappa shape index (κ2) is 39.3. The van der Waals surface area contributed by atoms with E-state index in [9.17, 15) is 62.3 Å². The van der Waals surface area contributed by atoms with Crippen LogP contribution >= 0.6 is 20.9 Å². The molecular weight excluding hydrogens is 1730 g/mol.